The molecule has 2 aliphatic rings. The monoisotopic (exact) mass is 423 g/mol. The fourth-order valence-electron chi connectivity index (χ4n) is 3.54. The Morgan fingerprint density at radius 1 is 1.30 bits per heavy atom. The molecule has 0 amide bonds. The van der Waals surface area contributed by atoms with Crippen LogP contribution in [0.25, 0.3) is 0 Å². The van der Waals surface area contributed by atoms with Gasteiger partial charge in [-0.05, 0) is 19.3 Å². The van der Waals surface area contributed by atoms with Crippen molar-refractivity contribution in [1.29, 1.82) is 5.26 Å². The number of hydrogen-bond donors (Lipinski definition) is 1. The minimum atomic E-state index is -4.33. The normalized spacial score (nSPS) is 22.2. The topological polar surface area (TPSA) is 111 Å². The second-order valence-corrected chi connectivity index (χ2v) is 7.42. The van der Waals surface area contributed by atoms with Crippen molar-refractivity contribution >= 4 is 5.95 Å². The third-order valence-corrected chi connectivity index (χ3v) is 5.03. The van der Waals surface area contributed by atoms with Crippen molar-refractivity contribution in [2.45, 2.75) is 56.5 Å². The van der Waals surface area contributed by atoms with E-state index in [1.54, 1.807) is 0 Å². The van der Waals surface area contributed by atoms with Gasteiger partial charge in [-0.25, -0.2) is 14.6 Å². The van der Waals surface area contributed by atoms with E-state index in [9.17, 15) is 18.4 Å². The van der Waals surface area contributed by atoms with Crippen LogP contribution in [0.2, 0.25) is 0 Å². The highest BCUT2D eigenvalue weighted by Crippen LogP contribution is 2.32. The number of halogens is 3. The van der Waals surface area contributed by atoms with Gasteiger partial charge in [-0.2, -0.15) is 28.5 Å². The van der Waals surface area contributed by atoms with Crippen LogP contribution in [0.15, 0.2) is 12.5 Å². The molecule has 30 heavy (non-hydrogen) atoms. The predicted molar refractivity (Wildman–Crippen MR) is 96.7 cm³/mol. The molecule has 2 atom stereocenters. The van der Waals surface area contributed by atoms with Crippen LogP contribution in [0.3, 0.4) is 0 Å². The zero-order valence-corrected chi connectivity index (χ0v) is 16.0. The van der Waals surface area contributed by atoms with Crippen LogP contribution in [0, 0.1) is 11.3 Å². The van der Waals surface area contributed by atoms with Gasteiger partial charge in [0, 0.05) is 12.0 Å². The quantitative estimate of drug-likeness (QED) is 0.754. The lowest BCUT2D eigenvalue weighted by Crippen LogP contribution is -2.39. The fourth-order valence-corrected chi connectivity index (χ4v) is 3.54. The number of rotatable bonds is 6. The summed E-state index contributed by atoms with van der Waals surface area (Å²) < 4.78 is 49.2. The summed E-state index contributed by atoms with van der Waals surface area (Å²) >= 11 is 0. The average molecular weight is 423 g/mol. The van der Waals surface area contributed by atoms with Gasteiger partial charge in [-0.3, -0.25) is 0 Å². The Kier molecular flexibility index (Phi) is 5.72. The molecule has 2 aromatic rings. The van der Waals surface area contributed by atoms with Gasteiger partial charge < -0.3 is 14.8 Å². The van der Waals surface area contributed by atoms with Crippen molar-refractivity contribution in [3.05, 3.63) is 23.9 Å². The Labute approximate surface area is 170 Å². The zero-order valence-electron chi connectivity index (χ0n) is 16.0. The number of anilines is 1. The molecule has 1 N–H and O–H groups in total. The van der Waals surface area contributed by atoms with Crippen molar-refractivity contribution in [1.82, 2.24) is 24.7 Å². The van der Waals surface area contributed by atoms with E-state index in [1.165, 1.54) is 6.20 Å². The Morgan fingerprint density at radius 2 is 2.13 bits per heavy atom. The van der Waals surface area contributed by atoms with E-state index in [-0.39, 0.29) is 29.5 Å². The summed E-state index contributed by atoms with van der Waals surface area (Å²) in [6, 6.07) is 2.02. The van der Waals surface area contributed by atoms with E-state index in [2.05, 4.69) is 25.4 Å². The molecule has 0 aromatic carbocycles. The van der Waals surface area contributed by atoms with E-state index in [4.69, 9.17) is 9.47 Å². The van der Waals surface area contributed by atoms with E-state index in [0.717, 1.165) is 30.3 Å². The molecule has 2 fully saturated rings. The molecule has 0 spiro atoms. The Hall–Kier alpha value is -2.94. The Bertz CT molecular complexity index is 923. The maximum atomic E-state index is 12.5. The fraction of sp³-hybridized carbons (Fsp3) is 0.611. The number of ether oxygens (including phenoxy) is 2. The standard InChI is InChI=1S/C18H20F3N7O2/c19-18(20,21)9-28-10-24-15(27-28)11-2-1-3-13(4-11)25-17-23-6-12(5-22)16(26-17)30-14-7-29-8-14/h6,10-11,13-14H,1-4,7-9H2,(H,23,25,26)/t11-,13+/m0/s1. The number of nitrogens with one attached hydrogen (secondary N) is 1. The molecule has 2 aromatic heterocycles. The molecule has 160 valence electrons. The first kappa shape index (κ1) is 20.3. The van der Waals surface area contributed by atoms with Gasteiger partial charge in [-0.1, -0.05) is 6.42 Å². The third-order valence-electron chi connectivity index (χ3n) is 5.03. The maximum absolute atomic E-state index is 12.5. The lowest BCUT2D eigenvalue weighted by atomic mass is 9.85. The molecule has 0 bridgehead atoms. The van der Waals surface area contributed by atoms with Crippen LogP contribution in [0.1, 0.15) is 43.0 Å². The summed E-state index contributed by atoms with van der Waals surface area (Å²) in [6.07, 6.45) is 1.24. The molecule has 0 radical (unpaired) electrons. The predicted octanol–water partition coefficient (Wildman–Crippen LogP) is 2.42. The number of aromatic nitrogens is 5. The first-order chi connectivity index (χ1) is 14.4. The van der Waals surface area contributed by atoms with E-state index < -0.39 is 12.7 Å². The second kappa shape index (κ2) is 8.43. The third kappa shape index (κ3) is 4.96. The summed E-state index contributed by atoms with van der Waals surface area (Å²) in [4.78, 5) is 12.6. The van der Waals surface area contributed by atoms with Crippen LogP contribution in [-0.4, -0.2) is 56.3 Å². The van der Waals surface area contributed by atoms with E-state index in [0.29, 0.717) is 31.4 Å². The number of nitriles is 1. The van der Waals surface area contributed by atoms with E-state index >= 15 is 0 Å². The van der Waals surface area contributed by atoms with Crippen LogP contribution in [0.5, 0.6) is 5.88 Å². The lowest BCUT2D eigenvalue weighted by Gasteiger charge is -2.29. The van der Waals surface area contributed by atoms with Gasteiger partial charge in [0.05, 0.1) is 19.4 Å². The van der Waals surface area contributed by atoms with E-state index in [1.807, 2.05) is 6.07 Å². The van der Waals surface area contributed by atoms with Crippen LogP contribution >= 0.6 is 0 Å². The highest BCUT2D eigenvalue weighted by molar-refractivity contribution is 5.41. The molecule has 12 heteroatoms. The molecule has 0 unspecified atom stereocenters. The molecule has 9 nitrogen and oxygen atoms in total. The molecule has 1 saturated heterocycles. The highest BCUT2D eigenvalue weighted by Gasteiger charge is 2.31. The zero-order chi connectivity index (χ0) is 21.1. The first-order valence-corrected chi connectivity index (χ1v) is 9.64. The summed E-state index contributed by atoms with van der Waals surface area (Å²) in [5, 5.41) is 16.5. The number of alkyl halides is 3. The van der Waals surface area contributed by atoms with Crippen LogP contribution < -0.4 is 10.1 Å². The first-order valence-electron chi connectivity index (χ1n) is 9.64. The van der Waals surface area contributed by atoms with Crippen LogP contribution in [-0.2, 0) is 11.3 Å². The second-order valence-electron chi connectivity index (χ2n) is 7.42. The van der Waals surface area contributed by atoms with Crippen molar-refractivity contribution in [2.24, 2.45) is 0 Å². The van der Waals surface area contributed by atoms with Crippen molar-refractivity contribution in [2.75, 3.05) is 18.5 Å². The number of hydrogen-bond acceptors (Lipinski definition) is 8. The van der Waals surface area contributed by atoms with Crippen molar-refractivity contribution in [3.8, 4) is 11.9 Å². The van der Waals surface area contributed by atoms with Gasteiger partial charge in [0.2, 0.25) is 11.8 Å². The van der Waals surface area contributed by atoms with Crippen molar-refractivity contribution < 1.29 is 22.6 Å². The van der Waals surface area contributed by atoms with Gasteiger partial charge >= 0.3 is 6.18 Å². The molecule has 1 saturated carbocycles. The number of nitrogens with zero attached hydrogens (tertiary/aromatic N) is 6. The summed E-state index contributed by atoms with van der Waals surface area (Å²) in [7, 11) is 0. The minimum Gasteiger partial charge on any atom is -0.468 e. The highest BCUT2D eigenvalue weighted by atomic mass is 19.4. The smallest absolute Gasteiger partial charge is 0.408 e. The molecule has 1 aliphatic carbocycles. The SMILES string of the molecule is N#Cc1cnc(N[C@@H]2CCC[C@H](c3ncn(CC(F)(F)F)n3)C2)nc1OC1COC1. The molecule has 1 aliphatic heterocycles. The van der Waals surface area contributed by atoms with Gasteiger partial charge in [0.25, 0.3) is 0 Å². The van der Waals surface area contributed by atoms with Crippen molar-refractivity contribution in [3.63, 3.8) is 0 Å². The molecule has 4 rings (SSSR count). The summed E-state index contributed by atoms with van der Waals surface area (Å²) in [5.41, 5.74) is 0.244. The largest absolute Gasteiger partial charge is 0.468 e. The molecular formula is C18H20F3N7O2. The molecular weight excluding hydrogens is 403 g/mol. The maximum Gasteiger partial charge on any atom is 0.408 e. The average Bonchev–Trinajstić information content (AvgIpc) is 3.12. The Morgan fingerprint density at radius 3 is 2.83 bits per heavy atom. The molecule has 3 heterocycles. The van der Waals surface area contributed by atoms with Crippen LogP contribution in [0.4, 0.5) is 19.1 Å². The summed E-state index contributed by atoms with van der Waals surface area (Å²) in [5.74, 6) is 0.918. The lowest BCUT2D eigenvalue weighted by molar-refractivity contribution is -0.142. The summed E-state index contributed by atoms with van der Waals surface area (Å²) in [6.45, 7) is -0.242. The van der Waals surface area contributed by atoms with Gasteiger partial charge in [0.15, 0.2) is 5.82 Å². The minimum absolute atomic E-state index is 0.00568. The van der Waals surface area contributed by atoms with Gasteiger partial charge in [-0.15, -0.1) is 0 Å². The Balaban J connectivity index is 1.40. The van der Waals surface area contributed by atoms with Gasteiger partial charge in [0.1, 0.15) is 30.6 Å².